The van der Waals surface area contributed by atoms with Crippen LogP contribution in [0.15, 0.2) is 22.3 Å². The first-order valence-electron chi connectivity index (χ1n) is 10.0. The smallest absolute Gasteiger partial charge is 0.277 e. The van der Waals surface area contributed by atoms with Gasteiger partial charge in [-0.2, -0.15) is 5.10 Å². The van der Waals surface area contributed by atoms with Crippen LogP contribution >= 0.6 is 23.5 Å². The van der Waals surface area contributed by atoms with Gasteiger partial charge in [0.2, 0.25) is 0 Å². The summed E-state index contributed by atoms with van der Waals surface area (Å²) in [4.78, 5) is 19.8. The molecule has 29 heavy (non-hydrogen) atoms. The van der Waals surface area contributed by atoms with Gasteiger partial charge in [0.1, 0.15) is 16.7 Å². The van der Waals surface area contributed by atoms with E-state index in [4.69, 9.17) is 15.5 Å². The molecule has 156 valence electrons. The molecule has 8 nitrogen and oxygen atoms in total. The standard InChI is InChI=1S/C19H26N6O2S2/c1-11-6-12-8-29-18(20)22-19(12,10-27-11)17-24(2)15(9-28-17)21-16(26)14-7-13-4-3-5-25(13)23-14/h7,9,11-12,17H,3-6,8,10H2,1-2H3,(H2,20,22)(H,21,26)/t11-,12-,17?,19-/m0/s1. The Hall–Kier alpha value is -1.65. The van der Waals surface area contributed by atoms with Gasteiger partial charge in [-0.1, -0.05) is 11.8 Å². The Bertz CT molecular complexity index is 878. The Balaban J connectivity index is 1.33. The van der Waals surface area contributed by atoms with E-state index < -0.39 is 5.54 Å². The van der Waals surface area contributed by atoms with Crippen molar-refractivity contribution in [2.75, 3.05) is 19.4 Å². The van der Waals surface area contributed by atoms with Crippen molar-refractivity contribution in [3.8, 4) is 0 Å². The number of nitrogens with zero attached hydrogens (tertiary/aromatic N) is 4. The van der Waals surface area contributed by atoms with Crippen molar-refractivity contribution in [1.82, 2.24) is 20.0 Å². The SMILES string of the molecule is C[C@H]1C[C@H]2CSC(N)=N[C@@]2(C2SC=C(NC(=O)c3cc4n(n3)CCC4)N2C)CO1. The lowest BCUT2D eigenvalue weighted by molar-refractivity contribution is -0.0552. The van der Waals surface area contributed by atoms with Crippen molar-refractivity contribution >= 4 is 34.6 Å². The Morgan fingerprint density at radius 3 is 3.17 bits per heavy atom. The van der Waals surface area contributed by atoms with E-state index in [1.807, 2.05) is 23.2 Å². The van der Waals surface area contributed by atoms with Crippen LogP contribution in [0.25, 0.3) is 0 Å². The number of carbonyl (C=O) groups is 1. The van der Waals surface area contributed by atoms with E-state index in [0.717, 1.165) is 43.1 Å². The zero-order valence-electron chi connectivity index (χ0n) is 16.6. The van der Waals surface area contributed by atoms with Gasteiger partial charge in [0.05, 0.1) is 12.7 Å². The minimum Gasteiger partial charge on any atom is -0.379 e. The van der Waals surface area contributed by atoms with Crippen LogP contribution in [0.5, 0.6) is 0 Å². The highest BCUT2D eigenvalue weighted by molar-refractivity contribution is 8.13. The Morgan fingerprint density at radius 1 is 1.48 bits per heavy atom. The lowest BCUT2D eigenvalue weighted by Crippen LogP contribution is -2.61. The van der Waals surface area contributed by atoms with E-state index in [1.165, 1.54) is 0 Å². The average molecular weight is 435 g/mol. The molecule has 5 heterocycles. The lowest BCUT2D eigenvalue weighted by Gasteiger charge is -2.50. The molecule has 0 aromatic carbocycles. The number of carbonyl (C=O) groups excluding carboxylic acids is 1. The van der Waals surface area contributed by atoms with Gasteiger partial charge in [-0.05, 0) is 32.3 Å². The van der Waals surface area contributed by atoms with Gasteiger partial charge < -0.3 is 20.7 Å². The number of rotatable bonds is 3. The molecular formula is C19H26N6O2S2. The van der Waals surface area contributed by atoms with Crippen molar-refractivity contribution < 1.29 is 9.53 Å². The number of fused-ring (bicyclic) bond motifs is 2. The second-order valence-corrected chi connectivity index (χ2v) is 10.2. The largest absolute Gasteiger partial charge is 0.379 e. The summed E-state index contributed by atoms with van der Waals surface area (Å²) in [6.45, 7) is 3.56. The Morgan fingerprint density at radius 2 is 2.34 bits per heavy atom. The monoisotopic (exact) mass is 434 g/mol. The number of aryl methyl sites for hydroxylation is 2. The molecule has 1 unspecified atom stereocenters. The predicted molar refractivity (Wildman–Crippen MR) is 116 cm³/mol. The topological polar surface area (TPSA) is 97.8 Å². The van der Waals surface area contributed by atoms with Crippen molar-refractivity contribution in [2.45, 2.75) is 49.7 Å². The fourth-order valence-corrected chi connectivity index (χ4v) is 7.06. The summed E-state index contributed by atoms with van der Waals surface area (Å²) in [5.74, 6) is 1.95. The van der Waals surface area contributed by atoms with Gasteiger partial charge in [0.15, 0.2) is 10.9 Å². The number of hydrogen-bond acceptors (Lipinski definition) is 8. The number of nitrogens with two attached hydrogens (primary N) is 1. The first-order valence-corrected chi connectivity index (χ1v) is 12.0. The van der Waals surface area contributed by atoms with Gasteiger partial charge in [0.25, 0.3) is 5.91 Å². The Kier molecular flexibility index (Phi) is 4.83. The molecular weight excluding hydrogens is 408 g/mol. The van der Waals surface area contributed by atoms with E-state index in [-0.39, 0.29) is 17.4 Å². The number of aliphatic imine (C=N–C) groups is 1. The highest BCUT2D eigenvalue weighted by Gasteiger charge is 2.54. The lowest BCUT2D eigenvalue weighted by atomic mass is 9.79. The van der Waals surface area contributed by atoms with Crippen molar-refractivity contribution in [1.29, 1.82) is 0 Å². The summed E-state index contributed by atoms with van der Waals surface area (Å²) in [6, 6.07) is 1.90. The summed E-state index contributed by atoms with van der Waals surface area (Å²) in [5.41, 5.74) is 7.34. The van der Waals surface area contributed by atoms with E-state index in [2.05, 4.69) is 22.2 Å². The second kappa shape index (κ2) is 7.24. The van der Waals surface area contributed by atoms with Crippen LogP contribution in [0.1, 0.15) is 35.9 Å². The van der Waals surface area contributed by atoms with E-state index in [9.17, 15) is 4.79 Å². The number of ether oxygens (including phenoxy) is 1. The molecule has 0 radical (unpaired) electrons. The molecule has 1 amide bonds. The van der Waals surface area contributed by atoms with Gasteiger partial charge in [0, 0.05) is 36.4 Å². The zero-order chi connectivity index (χ0) is 20.2. The average Bonchev–Trinajstić information content (AvgIpc) is 3.38. The summed E-state index contributed by atoms with van der Waals surface area (Å²) >= 11 is 3.31. The second-order valence-electron chi connectivity index (χ2n) is 8.21. The molecule has 1 aromatic rings. The van der Waals surface area contributed by atoms with Gasteiger partial charge in [-0.15, -0.1) is 11.8 Å². The molecule has 4 aliphatic rings. The molecule has 1 aromatic heterocycles. The number of thioether (sulfide) groups is 2. The molecule has 0 bridgehead atoms. The quantitative estimate of drug-likeness (QED) is 0.745. The van der Waals surface area contributed by atoms with Crippen LogP contribution in [-0.2, 0) is 17.7 Å². The van der Waals surface area contributed by atoms with Crippen LogP contribution in [-0.4, -0.2) is 62.2 Å². The highest BCUT2D eigenvalue weighted by Crippen LogP contribution is 2.48. The van der Waals surface area contributed by atoms with E-state index in [1.54, 1.807) is 23.5 Å². The van der Waals surface area contributed by atoms with E-state index >= 15 is 0 Å². The first-order chi connectivity index (χ1) is 14.0. The molecule has 4 atom stereocenters. The minimum absolute atomic E-state index is 0.0294. The van der Waals surface area contributed by atoms with E-state index in [0.29, 0.717) is 23.4 Å². The summed E-state index contributed by atoms with van der Waals surface area (Å²) in [6.07, 6.45) is 3.29. The minimum atomic E-state index is -0.403. The number of aromatic nitrogens is 2. The number of likely N-dealkylation sites (N-methyl/N-ethyl adjacent to an activating group) is 1. The van der Waals surface area contributed by atoms with Gasteiger partial charge >= 0.3 is 0 Å². The van der Waals surface area contributed by atoms with Crippen molar-refractivity contribution in [2.24, 2.45) is 16.6 Å². The van der Waals surface area contributed by atoms with Crippen molar-refractivity contribution in [3.05, 3.63) is 28.7 Å². The summed E-state index contributed by atoms with van der Waals surface area (Å²) < 4.78 is 7.98. The maximum Gasteiger partial charge on any atom is 0.277 e. The Labute approximate surface area is 178 Å². The van der Waals surface area contributed by atoms with Crippen LogP contribution in [0, 0.1) is 5.92 Å². The molecule has 10 heteroatoms. The third-order valence-electron chi connectivity index (χ3n) is 6.28. The molecule has 4 aliphatic heterocycles. The number of nitrogens with one attached hydrogen (secondary N) is 1. The molecule has 0 saturated carbocycles. The first kappa shape index (κ1) is 19.3. The maximum absolute atomic E-state index is 12.8. The maximum atomic E-state index is 12.8. The molecule has 3 N–H and O–H groups in total. The van der Waals surface area contributed by atoms with Crippen LogP contribution in [0.2, 0.25) is 0 Å². The van der Waals surface area contributed by atoms with Crippen LogP contribution in [0.4, 0.5) is 0 Å². The molecule has 1 fully saturated rings. The number of amides is 1. The third kappa shape index (κ3) is 3.25. The van der Waals surface area contributed by atoms with Crippen LogP contribution < -0.4 is 11.1 Å². The number of amidine groups is 1. The van der Waals surface area contributed by atoms with Crippen LogP contribution in [0.3, 0.4) is 0 Å². The van der Waals surface area contributed by atoms with Crippen molar-refractivity contribution in [3.63, 3.8) is 0 Å². The molecule has 5 rings (SSSR count). The summed E-state index contributed by atoms with van der Waals surface area (Å²) in [5, 5.41) is 10.1. The fraction of sp³-hybridized carbons (Fsp3) is 0.632. The highest BCUT2D eigenvalue weighted by atomic mass is 32.2. The predicted octanol–water partition coefficient (Wildman–Crippen LogP) is 1.59. The van der Waals surface area contributed by atoms with Gasteiger partial charge in [-0.25, -0.2) is 0 Å². The zero-order valence-corrected chi connectivity index (χ0v) is 18.3. The molecule has 0 aliphatic carbocycles. The normalized spacial score (nSPS) is 33.7. The fourth-order valence-electron chi connectivity index (χ4n) is 4.71. The molecule has 1 saturated heterocycles. The summed E-state index contributed by atoms with van der Waals surface area (Å²) in [7, 11) is 2.00. The molecule has 0 spiro atoms. The number of hydrogen-bond donors (Lipinski definition) is 2. The third-order valence-corrected chi connectivity index (χ3v) is 8.58. The van der Waals surface area contributed by atoms with Gasteiger partial charge in [-0.3, -0.25) is 14.5 Å².